The van der Waals surface area contributed by atoms with Crippen molar-refractivity contribution in [3.8, 4) is 10.4 Å². The Labute approximate surface area is 108 Å². The van der Waals surface area contributed by atoms with Gasteiger partial charge in [-0.15, -0.1) is 24.0 Å². The molecule has 0 atom stereocenters. The summed E-state index contributed by atoms with van der Waals surface area (Å²) < 4.78 is 22.4. The fraction of sp³-hybridized carbons (Fsp3) is 0. The van der Waals surface area contributed by atoms with E-state index in [1.165, 1.54) is 23.5 Å². The minimum Gasteiger partial charge on any atom is -0.207 e. The van der Waals surface area contributed by atoms with Crippen LogP contribution in [0.3, 0.4) is 0 Å². The van der Waals surface area contributed by atoms with E-state index in [1.807, 2.05) is 17.5 Å². The van der Waals surface area contributed by atoms with Gasteiger partial charge in [0.25, 0.3) is 9.05 Å². The van der Waals surface area contributed by atoms with E-state index < -0.39 is 9.05 Å². The van der Waals surface area contributed by atoms with Crippen molar-refractivity contribution in [3.63, 3.8) is 0 Å². The van der Waals surface area contributed by atoms with Crippen molar-refractivity contribution in [2.45, 2.75) is 9.79 Å². The molecule has 6 heteroatoms. The minimum absolute atomic E-state index is 0.0929. The summed E-state index contributed by atoms with van der Waals surface area (Å²) in [6, 6.07) is 8.42. The topological polar surface area (TPSA) is 34.1 Å². The summed E-state index contributed by atoms with van der Waals surface area (Å²) in [7, 11) is 1.60. The van der Waals surface area contributed by atoms with Gasteiger partial charge in [0, 0.05) is 26.0 Å². The maximum atomic E-state index is 11.2. The summed E-state index contributed by atoms with van der Waals surface area (Å²) in [6.45, 7) is 0. The average molecular weight is 291 g/mol. The molecule has 0 radical (unpaired) electrons. The standard InChI is InChI=1S/C10H7ClO2S3/c11-16(12,13)7-3-4-9(14)8(6-7)10-2-1-5-15-10/h1-6,14H. The average Bonchev–Trinajstić information content (AvgIpc) is 2.69. The molecule has 0 aliphatic rings. The summed E-state index contributed by atoms with van der Waals surface area (Å²) >= 11 is 5.82. The Kier molecular flexibility index (Phi) is 3.30. The molecule has 0 unspecified atom stereocenters. The molecule has 0 N–H and O–H groups in total. The van der Waals surface area contributed by atoms with Crippen molar-refractivity contribution in [1.29, 1.82) is 0 Å². The lowest BCUT2D eigenvalue weighted by Gasteiger charge is -2.04. The predicted octanol–water partition coefficient (Wildman–Crippen LogP) is 3.63. The van der Waals surface area contributed by atoms with Crippen LogP contribution >= 0.6 is 34.6 Å². The molecule has 2 aromatic rings. The van der Waals surface area contributed by atoms with Crippen molar-refractivity contribution in [2.24, 2.45) is 0 Å². The molecular weight excluding hydrogens is 284 g/mol. The minimum atomic E-state index is -3.69. The third kappa shape index (κ3) is 2.43. The van der Waals surface area contributed by atoms with Gasteiger partial charge < -0.3 is 0 Å². The molecule has 0 aliphatic heterocycles. The summed E-state index contributed by atoms with van der Waals surface area (Å²) in [5, 5.41) is 1.92. The highest BCUT2D eigenvalue weighted by Crippen LogP contribution is 2.32. The molecule has 0 spiro atoms. The zero-order valence-corrected chi connectivity index (χ0v) is 11.2. The van der Waals surface area contributed by atoms with Crippen LogP contribution in [0, 0.1) is 0 Å². The van der Waals surface area contributed by atoms with E-state index in [-0.39, 0.29) is 4.90 Å². The zero-order valence-electron chi connectivity index (χ0n) is 7.92. The first-order chi connectivity index (χ1) is 7.48. The molecule has 0 saturated heterocycles. The second-order valence-corrected chi connectivity index (χ2v) is 7.09. The van der Waals surface area contributed by atoms with Crippen LogP contribution in [0.1, 0.15) is 0 Å². The highest BCUT2D eigenvalue weighted by molar-refractivity contribution is 8.13. The normalized spacial score (nSPS) is 11.6. The molecule has 0 fully saturated rings. The van der Waals surface area contributed by atoms with Crippen molar-refractivity contribution < 1.29 is 8.42 Å². The van der Waals surface area contributed by atoms with Gasteiger partial charge in [-0.3, -0.25) is 0 Å². The van der Waals surface area contributed by atoms with E-state index in [9.17, 15) is 8.42 Å². The monoisotopic (exact) mass is 290 g/mol. The lowest BCUT2D eigenvalue weighted by molar-refractivity contribution is 0.609. The van der Waals surface area contributed by atoms with Gasteiger partial charge >= 0.3 is 0 Å². The van der Waals surface area contributed by atoms with Gasteiger partial charge in [-0.25, -0.2) is 8.42 Å². The first-order valence-corrected chi connectivity index (χ1v) is 7.93. The van der Waals surface area contributed by atoms with Gasteiger partial charge in [0.15, 0.2) is 0 Å². The molecule has 0 amide bonds. The number of thiol groups is 1. The maximum absolute atomic E-state index is 11.2. The zero-order chi connectivity index (χ0) is 11.8. The molecule has 1 heterocycles. The Morgan fingerprint density at radius 3 is 2.56 bits per heavy atom. The van der Waals surface area contributed by atoms with E-state index in [1.54, 1.807) is 6.07 Å². The Morgan fingerprint density at radius 2 is 2.00 bits per heavy atom. The SMILES string of the molecule is O=S(=O)(Cl)c1ccc(S)c(-c2cccs2)c1. The van der Waals surface area contributed by atoms with Crippen LogP contribution in [-0.4, -0.2) is 8.42 Å². The molecule has 2 rings (SSSR count). The van der Waals surface area contributed by atoms with Crippen LogP contribution in [0.25, 0.3) is 10.4 Å². The van der Waals surface area contributed by atoms with Crippen LogP contribution in [0.4, 0.5) is 0 Å². The third-order valence-corrected chi connectivity index (χ3v) is 4.68. The Morgan fingerprint density at radius 1 is 1.25 bits per heavy atom. The second kappa shape index (κ2) is 4.41. The van der Waals surface area contributed by atoms with Crippen molar-refractivity contribution in [3.05, 3.63) is 35.7 Å². The van der Waals surface area contributed by atoms with Crippen LogP contribution < -0.4 is 0 Å². The molecule has 0 aliphatic carbocycles. The Balaban J connectivity index is 2.63. The fourth-order valence-corrected chi connectivity index (χ4v) is 3.17. The van der Waals surface area contributed by atoms with Crippen LogP contribution in [0.15, 0.2) is 45.5 Å². The highest BCUT2D eigenvalue weighted by atomic mass is 35.7. The van der Waals surface area contributed by atoms with E-state index >= 15 is 0 Å². The quantitative estimate of drug-likeness (QED) is 0.677. The van der Waals surface area contributed by atoms with E-state index in [2.05, 4.69) is 12.6 Å². The highest BCUT2D eigenvalue weighted by Gasteiger charge is 2.13. The molecule has 2 nitrogen and oxygen atoms in total. The number of halogens is 1. The maximum Gasteiger partial charge on any atom is 0.261 e. The van der Waals surface area contributed by atoms with E-state index in [4.69, 9.17) is 10.7 Å². The van der Waals surface area contributed by atoms with Gasteiger partial charge in [-0.05, 0) is 29.6 Å². The van der Waals surface area contributed by atoms with Crippen molar-refractivity contribution in [2.75, 3.05) is 0 Å². The third-order valence-electron chi connectivity index (χ3n) is 2.04. The predicted molar refractivity (Wildman–Crippen MR) is 70.0 cm³/mol. The summed E-state index contributed by atoms with van der Waals surface area (Å²) in [5.41, 5.74) is 0.778. The van der Waals surface area contributed by atoms with Gasteiger partial charge in [0.05, 0.1) is 4.90 Å². The number of thiophene rings is 1. The number of benzene rings is 1. The second-order valence-electron chi connectivity index (χ2n) is 3.09. The first-order valence-electron chi connectivity index (χ1n) is 4.30. The van der Waals surface area contributed by atoms with Gasteiger partial charge in [-0.2, -0.15) is 0 Å². The lowest BCUT2D eigenvalue weighted by atomic mass is 10.2. The van der Waals surface area contributed by atoms with Crippen LogP contribution in [0.5, 0.6) is 0 Å². The molecule has 1 aromatic carbocycles. The van der Waals surface area contributed by atoms with Crippen molar-refractivity contribution in [1.82, 2.24) is 0 Å². The van der Waals surface area contributed by atoms with Gasteiger partial charge in [0.2, 0.25) is 0 Å². The largest absolute Gasteiger partial charge is 0.261 e. The van der Waals surface area contributed by atoms with Gasteiger partial charge in [-0.1, -0.05) is 6.07 Å². The smallest absolute Gasteiger partial charge is 0.207 e. The van der Waals surface area contributed by atoms with Gasteiger partial charge in [0.1, 0.15) is 0 Å². The summed E-state index contributed by atoms with van der Waals surface area (Å²) in [5.74, 6) is 0. The molecule has 0 bridgehead atoms. The molecular formula is C10H7ClO2S3. The molecule has 1 aromatic heterocycles. The fourth-order valence-electron chi connectivity index (χ4n) is 1.30. The first kappa shape index (κ1) is 12.0. The Bertz CT molecular complexity index is 603. The number of hydrogen-bond donors (Lipinski definition) is 1. The molecule has 84 valence electrons. The molecule has 16 heavy (non-hydrogen) atoms. The summed E-state index contributed by atoms with van der Waals surface area (Å²) in [6.07, 6.45) is 0. The molecule has 0 saturated carbocycles. The van der Waals surface area contributed by atoms with Crippen LogP contribution in [0.2, 0.25) is 0 Å². The van der Waals surface area contributed by atoms with E-state index in [0.717, 1.165) is 15.3 Å². The number of hydrogen-bond acceptors (Lipinski definition) is 4. The van der Waals surface area contributed by atoms with E-state index in [0.29, 0.717) is 0 Å². The summed E-state index contributed by atoms with van der Waals surface area (Å²) in [4.78, 5) is 1.79. The number of rotatable bonds is 2. The Hall–Kier alpha value is -0.490. The van der Waals surface area contributed by atoms with Crippen molar-refractivity contribution >= 4 is 43.7 Å². The lowest BCUT2D eigenvalue weighted by Crippen LogP contribution is -1.91. The van der Waals surface area contributed by atoms with Crippen LogP contribution in [-0.2, 0) is 9.05 Å².